The molecule has 0 saturated heterocycles. The van der Waals surface area contributed by atoms with Crippen molar-refractivity contribution >= 4 is 23.1 Å². The Balaban J connectivity index is 1.44. The number of hydrogen-bond donors (Lipinski definition) is 2. The van der Waals surface area contributed by atoms with E-state index in [0.717, 1.165) is 5.69 Å². The zero-order valence-corrected chi connectivity index (χ0v) is 14.3. The molecule has 1 amide bonds. The van der Waals surface area contributed by atoms with Gasteiger partial charge in [-0.25, -0.2) is 14.6 Å². The van der Waals surface area contributed by atoms with Gasteiger partial charge in [-0.15, -0.1) is 0 Å². The van der Waals surface area contributed by atoms with Gasteiger partial charge in [-0.2, -0.15) is 5.10 Å². The van der Waals surface area contributed by atoms with Crippen LogP contribution < -0.4 is 10.6 Å². The monoisotopic (exact) mass is 361 g/mol. The second kappa shape index (κ2) is 7.08. The molecular formula is C18H15N7O2. The standard InChI is InChI=1S/C18H15N7O2/c1-12-9-15(24-27-12)18(26)23-14-5-3-13(4-6-14)22-16-10-17(20-11-19-16)25-8-2-7-21-25/h2-11H,1H3,(H,23,26)(H,19,20,22). The quantitative estimate of drug-likeness (QED) is 0.562. The second-order valence-corrected chi connectivity index (χ2v) is 5.69. The van der Waals surface area contributed by atoms with Crippen molar-refractivity contribution in [2.75, 3.05) is 10.6 Å². The number of carbonyl (C=O) groups is 1. The zero-order valence-electron chi connectivity index (χ0n) is 14.3. The topological polar surface area (TPSA) is 111 Å². The van der Waals surface area contributed by atoms with Crippen LogP contribution in [0.15, 0.2) is 65.7 Å². The predicted molar refractivity (Wildman–Crippen MR) is 98.1 cm³/mol. The average molecular weight is 361 g/mol. The van der Waals surface area contributed by atoms with Gasteiger partial charge < -0.3 is 15.2 Å². The van der Waals surface area contributed by atoms with Crippen molar-refractivity contribution in [1.29, 1.82) is 0 Å². The largest absolute Gasteiger partial charge is 0.361 e. The van der Waals surface area contributed by atoms with Crippen LogP contribution in [0.4, 0.5) is 17.2 Å². The normalized spacial score (nSPS) is 10.6. The van der Waals surface area contributed by atoms with Gasteiger partial charge in [-0.1, -0.05) is 5.16 Å². The highest BCUT2D eigenvalue weighted by Gasteiger charge is 2.11. The summed E-state index contributed by atoms with van der Waals surface area (Å²) in [4.78, 5) is 20.5. The number of anilines is 3. The van der Waals surface area contributed by atoms with E-state index in [1.54, 1.807) is 48.3 Å². The Kier molecular flexibility index (Phi) is 4.32. The molecule has 0 atom stereocenters. The summed E-state index contributed by atoms with van der Waals surface area (Å²) < 4.78 is 6.56. The van der Waals surface area contributed by atoms with Crippen LogP contribution >= 0.6 is 0 Å². The highest BCUT2D eigenvalue weighted by atomic mass is 16.5. The minimum absolute atomic E-state index is 0.238. The van der Waals surface area contributed by atoms with E-state index in [9.17, 15) is 4.79 Å². The number of nitrogens with zero attached hydrogens (tertiary/aromatic N) is 5. The maximum atomic E-state index is 12.1. The highest BCUT2D eigenvalue weighted by molar-refractivity contribution is 6.02. The molecule has 9 heteroatoms. The molecule has 0 aliphatic rings. The number of aromatic nitrogens is 5. The van der Waals surface area contributed by atoms with Crippen molar-refractivity contribution in [2.45, 2.75) is 6.92 Å². The van der Waals surface area contributed by atoms with E-state index in [1.807, 2.05) is 18.2 Å². The van der Waals surface area contributed by atoms with Gasteiger partial charge in [0, 0.05) is 35.9 Å². The van der Waals surface area contributed by atoms with Gasteiger partial charge in [-0.3, -0.25) is 4.79 Å². The van der Waals surface area contributed by atoms with Gasteiger partial charge >= 0.3 is 0 Å². The molecule has 3 aromatic heterocycles. The lowest BCUT2D eigenvalue weighted by Gasteiger charge is -2.08. The molecule has 0 bridgehead atoms. The summed E-state index contributed by atoms with van der Waals surface area (Å²) in [6.45, 7) is 1.73. The van der Waals surface area contributed by atoms with Crippen LogP contribution in [0.3, 0.4) is 0 Å². The molecule has 0 saturated carbocycles. The molecule has 0 aliphatic heterocycles. The van der Waals surface area contributed by atoms with E-state index in [0.29, 0.717) is 23.1 Å². The summed E-state index contributed by atoms with van der Waals surface area (Å²) in [6, 6.07) is 12.4. The fourth-order valence-electron chi connectivity index (χ4n) is 2.40. The fraction of sp³-hybridized carbons (Fsp3) is 0.0556. The Morgan fingerprint density at radius 3 is 2.63 bits per heavy atom. The molecule has 4 aromatic rings. The summed E-state index contributed by atoms with van der Waals surface area (Å²) in [6.07, 6.45) is 4.95. The predicted octanol–water partition coefficient (Wildman–Crippen LogP) is 2.95. The number of nitrogens with one attached hydrogen (secondary N) is 2. The molecule has 4 rings (SSSR count). The smallest absolute Gasteiger partial charge is 0.277 e. The van der Waals surface area contributed by atoms with Crippen molar-refractivity contribution in [2.24, 2.45) is 0 Å². The van der Waals surface area contributed by atoms with Crippen molar-refractivity contribution < 1.29 is 9.32 Å². The van der Waals surface area contributed by atoms with Crippen molar-refractivity contribution in [3.8, 4) is 5.82 Å². The van der Waals surface area contributed by atoms with E-state index < -0.39 is 0 Å². The Bertz CT molecular complexity index is 1060. The molecule has 0 radical (unpaired) electrons. The minimum atomic E-state index is -0.327. The first kappa shape index (κ1) is 16.5. The molecule has 27 heavy (non-hydrogen) atoms. The maximum absolute atomic E-state index is 12.1. The minimum Gasteiger partial charge on any atom is -0.361 e. The van der Waals surface area contributed by atoms with E-state index in [-0.39, 0.29) is 11.6 Å². The molecule has 3 heterocycles. The molecule has 1 aromatic carbocycles. The first-order chi connectivity index (χ1) is 13.2. The second-order valence-electron chi connectivity index (χ2n) is 5.69. The maximum Gasteiger partial charge on any atom is 0.277 e. The first-order valence-electron chi connectivity index (χ1n) is 8.11. The van der Waals surface area contributed by atoms with Crippen LogP contribution in [0, 0.1) is 6.92 Å². The van der Waals surface area contributed by atoms with Gasteiger partial charge in [-0.05, 0) is 37.3 Å². The summed E-state index contributed by atoms with van der Waals surface area (Å²) in [5.74, 6) is 1.54. The Morgan fingerprint density at radius 1 is 1.11 bits per heavy atom. The Labute approximate surface area is 154 Å². The van der Waals surface area contributed by atoms with Crippen molar-refractivity contribution in [3.63, 3.8) is 0 Å². The first-order valence-corrected chi connectivity index (χ1v) is 8.11. The molecule has 2 N–H and O–H groups in total. The number of benzene rings is 1. The summed E-state index contributed by atoms with van der Waals surface area (Å²) >= 11 is 0. The third-order valence-corrected chi connectivity index (χ3v) is 3.67. The summed E-state index contributed by atoms with van der Waals surface area (Å²) in [7, 11) is 0. The van der Waals surface area contributed by atoms with Crippen LogP contribution in [-0.2, 0) is 0 Å². The lowest BCUT2D eigenvalue weighted by molar-refractivity contribution is 0.101. The Hall–Kier alpha value is -4.01. The Morgan fingerprint density at radius 2 is 1.93 bits per heavy atom. The average Bonchev–Trinajstić information content (AvgIpc) is 3.35. The third-order valence-electron chi connectivity index (χ3n) is 3.67. The van der Waals surface area contributed by atoms with Crippen LogP contribution in [-0.4, -0.2) is 30.8 Å². The molecule has 134 valence electrons. The number of carbonyl (C=O) groups excluding carboxylic acids is 1. The summed E-state index contributed by atoms with van der Waals surface area (Å²) in [5, 5.41) is 13.8. The van der Waals surface area contributed by atoms with E-state index in [1.165, 1.54) is 6.33 Å². The molecule has 9 nitrogen and oxygen atoms in total. The fourth-order valence-corrected chi connectivity index (χ4v) is 2.40. The number of hydrogen-bond acceptors (Lipinski definition) is 7. The van der Waals surface area contributed by atoms with Crippen molar-refractivity contribution in [3.05, 3.63) is 72.6 Å². The van der Waals surface area contributed by atoms with Gasteiger partial charge in [0.25, 0.3) is 5.91 Å². The van der Waals surface area contributed by atoms with E-state index in [4.69, 9.17) is 4.52 Å². The third kappa shape index (κ3) is 3.82. The van der Waals surface area contributed by atoms with Crippen molar-refractivity contribution in [1.82, 2.24) is 24.9 Å². The number of aryl methyl sites for hydroxylation is 1. The zero-order chi connectivity index (χ0) is 18.6. The van der Waals surface area contributed by atoms with Gasteiger partial charge in [0.1, 0.15) is 17.9 Å². The highest BCUT2D eigenvalue weighted by Crippen LogP contribution is 2.19. The lowest BCUT2D eigenvalue weighted by Crippen LogP contribution is -2.12. The van der Waals surface area contributed by atoms with Gasteiger partial charge in [0.05, 0.1) is 0 Å². The van der Waals surface area contributed by atoms with Crippen LogP contribution in [0.25, 0.3) is 5.82 Å². The molecular weight excluding hydrogens is 346 g/mol. The number of rotatable bonds is 5. The number of amides is 1. The summed E-state index contributed by atoms with van der Waals surface area (Å²) in [5.41, 5.74) is 1.70. The van der Waals surface area contributed by atoms with Crippen LogP contribution in [0.5, 0.6) is 0 Å². The lowest BCUT2D eigenvalue weighted by atomic mass is 10.2. The van der Waals surface area contributed by atoms with Gasteiger partial charge in [0.15, 0.2) is 11.5 Å². The molecule has 0 aliphatic carbocycles. The molecule has 0 spiro atoms. The van der Waals surface area contributed by atoms with E-state index >= 15 is 0 Å². The van der Waals surface area contributed by atoms with Crippen LogP contribution in [0.2, 0.25) is 0 Å². The van der Waals surface area contributed by atoms with Gasteiger partial charge in [0.2, 0.25) is 0 Å². The molecule has 0 fully saturated rings. The molecule has 0 unspecified atom stereocenters. The van der Waals surface area contributed by atoms with Crippen LogP contribution in [0.1, 0.15) is 16.2 Å². The van der Waals surface area contributed by atoms with E-state index in [2.05, 4.69) is 30.9 Å². The SMILES string of the molecule is Cc1cc(C(=O)Nc2ccc(Nc3cc(-n4cccn4)ncn3)cc2)no1.